The molecule has 2 rings (SSSR count). The van der Waals surface area contributed by atoms with Crippen molar-refractivity contribution >= 4 is 28.2 Å². The Kier molecular flexibility index (Phi) is 5.83. The van der Waals surface area contributed by atoms with Crippen molar-refractivity contribution in [2.45, 2.75) is 6.54 Å². The molecule has 90 valence electrons. The van der Waals surface area contributed by atoms with Crippen LogP contribution in [-0.4, -0.2) is 5.24 Å². The summed E-state index contributed by atoms with van der Waals surface area (Å²) in [4.78, 5) is 11.6. The second-order valence-corrected chi connectivity index (χ2v) is 4.44. The Morgan fingerprint density at radius 3 is 2.47 bits per heavy atom. The van der Waals surface area contributed by atoms with E-state index in [9.17, 15) is 9.18 Å². The van der Waals surface area contributed by atoms with E-state index in [1.54, 1.807) is 11.3 Å². The molecule has 0 unspecified atom stereocenters. The first-order chi connectivity index (χ1) is 8.13. The van der Waals surface area contributed by atoms with Crippen LogP contribution in [0.2, 0.25) is 0 Å². The number of halogens is 2. The second-order valence-electron chi connectivity index (χ2n) is 3.07. The zero-order valence-electron chi connectivity index (χ0n) is 8.90. The van der Waals surface area contributed by atoms with E-state index in [0.717, 1.165) is 6.07 Å². The molecule has 0 saturated heterocycles. The largest absolute Gasteiger partial charge is 0.326 e. The van der Waals surface area contributed by atoms with Gasteiger partial charge in [-0.2, -0.15) is 0 Å². The lowest BCUT2D eigenvalue weighted by molar-refractivity contribution is 0.108. The molecule has 0 spiro atoms. The molecule has 1 heterocycles. The van der Waals surface area contributed by atoms with Crippen LogP contribution in [0, 0.1) is 5.82 Å². The first-order valence-corrected chi connectivity index (χ1v) is 6.07. The molecule has 0 saturated carbocycles. The van der Waals surface area contributed by atoms with Gasteiger partial charge in [0.25, 0.3) is 5.24 Å². The standard InChI is InChI=1S/C7H4ClFO.C5H7NS/c8-7(10)5-2-1-3-6(9)4-5;6-4-5-2-1-3-7-5/h1-4H;1-3H,4,6H2. The number of benzene rings is 1. The molecule has 0 aliphatic carbocycles. The number of hydrogen-bond donors (Lipinski definition) is 1. The molecular formula is C12H11ClFNOS. The van der Waals surface area contributed by atoms with E-state index in [-0.39, 0.29) is 5.56 Å². The van der Waals surface area contributed by atoms with Gasteiger partial charge in [-0.05, 0) is 41.2 Å². The van der Waals surface area contributed by atoms with Crippen molar-refractivity contribution in [2.24, 2.45) is 5.73 Å². The van der Waals surface area contributed by atoms with Gasteiger partial charge in [-0.3, -0.25) is 4.79 Å². The number of hydrogen-bond acceptors (Lipinski definition) is 3. The van der Waals surface area contributed by atoms with E-state index in [4.69, 9.17) is 17.3 Å². The third-order valence-corrected chi connectivity index (χ3v) is 2.95. The molecule has 0 atom stereocenters. The number of rotatable bonds is 2. The summed E-state index contributed by atoms with van der Waals surface area (Å²) in [5, 5.41) is 1.39. The zero-order valence-corrected chi connectivity index (χ0v) is 10.5. The molecule has 2 N–H and O–H groups in total. The smallest absolute Gasteiger partial charge is 0.252 e. The van der Waals surface area contributed by atoms with Crippen molar-refractivity contribution < 1.29 is 9.18 Å². The quantitative estimate of drug-likeness (QED) is 0.851. The summed E-state index contributed by atoms with van der Waals surface area (Å²) in [7, 11) is 0. The fourth-order valence-corrected chi connectivity index (χ4v) is 1.74. The highest BCUT2D eigenvalue weighted by molar-refractivity contribution is 7.09. The van der Waals surface area contributed by atoms with E-state index >= 15 is 0 Å². The monoisotopic (exact) mass is 271 g/mol. The summed E-state index contributed by atoms with van der Waals surface area (Å²) in [5.74, 6) is -0.452. The van der Waals surface area contributed by atoms with Crippen LogP contribution in [0.4, 0.5) is 4.39 Å². The Labute approximate surface area is 108 Å². The van der Waals surface area contributed by atoms with Crippen molar-refractivity contribution in [1.82, 2.24) is 0 Å². The lowest BCUT2D eigenvalue weighted by Crippen LogP contribution is -1.90. The van der Waals surface area contributed by atoms with E-state index in [0.29, 0.717) is 6.54 Å². The van der Waals surface area contributed by atoms with Crippen LogP contribution in [0.25, 0.3) is 0 Å². The Bertz CT molecular complexity index is 473. The minimum atomic E-state index is -0.639. The van der Waals surface area contributed by atoms with Crippen LogP contribution in [0.3, 0.4) is 0 Å². The number of carbonyl (C=O) groups excluding carboxylic acids is 1. The first-order valence-electron chi connectivity index (χ1n) is 4.81. The zero-order chi connectivity index (χ0) is 12.7. The van der Waals surface area contributed by atoms with Gasteiger partial charge in [-0.25, -0.2) is 4.39 Å². The predicted molar refractivity (Wildman–Crippen MR) is 68.8 cm³/mol. The number of carbonyl (C=O) groups is 1. The maximum Gasteiger partial charge on any atom is 0.252 e. The van der Waals surface area contributed by atoms with Crippen molar-refractivity contribution in [3.8, 4) is 0 Å². The van der Waals surface area contributed by atoms with Crippen LogP contribution in [0.1, 0.15) is 15.2 Å². The van der Waals surface area contributed by atoms with E-state index in [1.165, 1.54) is 23.1 Å². The molecule has 2 nitrogen and oxygen atoms in total. The molecule has 0 aliphatic heterocycles. The minimum Gasteiger partial charge on any atom is -0.326 e. The van der Waals surface area contributed by atoms with Gasteiger partial charge in [0.2, 0.25) is 0 Å². The lowest BCUT2D eigenvalue weighted by Gasteiger charge is -1.90. The molecular weight excluding hydrogens is 261 g/mol. The second kappa shape index (κ2) is 7.17. The number of thiophene rings is 1. The normalized spacial score (nSPS) is 9.35. The summed E-state index contributed by atoms with van der Waals surface area (Å²) < 4.78 is 12.3. The van der Waals surface area contributed by atoms with E-state index in [2.05, 4.69) is 0 Å². The highest BCUT2D eigenvalue weighted by atomic mass is 35.5. The maximum absolute atomic E-state index is 12.3. The summed E-state index contributed by atoms with van der Waals surface area (Å²) in [5.41, 5.74) is 5.49. The third-order valence-electron chi connectivity index (χ3n) is 1.83. The van der Waals surface area contributed by atoms with Crippen molar-refractivity contribution in [3.63, 3.8) is 0 Å². The molecule has 1 aromatic heterocycles. The molecule has 0 bridgehead atoms. The maximum atomic E-state index is 12.3. The average Bonchev–Trinajstić information content (AvgIpc) is 2.82. The minimum absolute atomic E-state index is 0.182. The molecule has 2 aromatic rings. The Morgan fingerprint density at radius 1 is 1.35 bits per heavy atom. The molecule has 0 aliphatic rings. The molecule has 5 heteroatoms. The third kappa shape index (κ3) is 5.08. The van der Waals surface area contributed by atoms with Crippen LogP contribution < -0.4 is 5.73 Å². The number of nitrogens with two attached hydrogens (primary N) is 1. The molecule has 1 aromatic carbocycles. The van der Waals surface area contributed by atoms with Gasteiger partial charge in [-0.1, -0.05) is 12.1 Å². The topological polar surface area (TPSA) is 43.1 Å². The Balaban J connectivity index is 0.000000181. The van der Waals surface area contributed by atoms with Crippen molar-refractivity contribution in [1.29, 1.82) is 0 Å². The lowest BCUT2D eigenvalue weighted by atomic mass is 10.2. The fraction of sp³-hybridized carbons (Fsp3) is 0.0833. The van der Waals surface area contributed by atoms with Crippen molar-refractivity contribution in [3.05, 3.63) is 58.0 Å². The van der Waals surface area contributed by atoms with E-state index in [1.807, 2.05) is 17.5 Å². The predicted octanol–water partition coefficient (Wildman–Crippen LogP) is 3.41. The van der Waals surface area contributed by atoms with Crippen molar-refractivity contribution in [2.75, 3.05) is 0 Å². The summed E-state index contributed by atoms with van der Waals surface area (Å²) in [6.07, 6.45) is 0. The SMILES string of the molecule is NCc1cccs1.O=C(Cl)c1cccc(F)c1. The summed E-state index contributed by atoms with van der Waals surface area (Å²) >= 11 is 6.77. The molecule has 0 amide bonds. The molecule has 0 fully saturated rings. The van der Waals surface area contributed by atoms with Crippen LogP contribution >= 0.6 is 22.9 Å². The highest BCUT2D eigenvalue weighted by Crippen LogP contribution is 2.06. The summed E-state index contributed by atoms with van der Waals surface area (Å²) in [6.45, 7) is 0.678. The Morgan fingerprint density at radius 2 is 2.12 bits per heavy atom. The van der Waals surface area contributed by atoms with Crippen LogP contribution in [0.5, 0.6) is 0 Å². The van der Waals surface area contributed by atoms with Gasteiger partial charge in [0, 0.05) is 17.0 Å². The van der Waals surface area contributed by atoms with Gasteiger partial charge < -0.3 is 5.73 Å². The first kappa shape index (κ1) is 13.8. The fourth-order valence-electron chi connectivity index (χ4n) is 1.04. The van der Waals surface area contributed by atoms with Gasteiger partial charge in [0.1, 0.15) is 5.82 Å². The molecule has 0 radical (unpaired) electrons. The van der Waals surface area contributed by atoms with E-state index < -0.39 is 11.1 Å². The van der Waals surface area contributed by atoms with Gasteiger partial charge in [-0.15, -0.1) is 11.3 Å². The highest BCUT2D eigenvalue weighted by Gasteiger charge is 2.00. The van der Waals surface area contributed by atoms with Gasteiger partial charge in [0.05, 0.1) is 0 Å². The van der Waals surface area contributed by atoms with Crippen LogP contribution in [0.15, 0.2) is 41.8 Å². The van der Waals surface area contributed by atoms with Gasteiger partial charge in [0.15, 0.2) is 0 Å². The average molecular weight is 272 g/mol. The Hall–Kier alpha value is -1.23. The van der Waals surface area contributed by atoms with Crippen LogP contribution in [-0.2, 0) is 6.54 Å². The molecule has 17 heavy (non-hydrogen) atoms. The summed E-state index contributed by atoms with van der Waals surface area (Å²) in [6, 6.07) is 9.28. The van der Waals surface area contributed by atoms with Gasteiger partial charge >= 0.3 is 0 Å².